The Hall–Kier alpha value is -1.68. The zero-order valence-electron chi connectivity index (χ0n) is 7.09. The molecule has 1 unspecified atom stereocenters. The highest BCUT2D eigenvalue weighted by molar-refractivity contribution is 5.53. The maximum Gasteiger partial charge on any atom is 0.0895 e. The molecule has 0 amide bonds. The first kappa shape index (κ1) is 7.94. The number of nitrogens with two attached hydrogens (primary N) is 1. The van der Waals surface area contributed by atoms with E-state index in [1.165, 1.54) is 0 Å². The van der Waals surface area contributed by atoms with Gasteiger partial charge in [-0.1, -0.05) is 6.08 Å². The molecule has 0 aliphatic carbocycles. The van der Waals surface area contributed by atoms with E-state index in [1.807, 2.05) is 0 Å². The molecule has 2 aromatic rings. The van der Waals surface area contributed by atoms with Crippen LogP contribution in [0.15, 0.2) is 37.4 Å². The molecular weight excluding hydrogens is 164 g/mol. The van der Waals surface area contributed by atoms with Gasteiger partial charge in [0.2, 0.25) is 0 Å². The Kier molecular flexibility index (Phi) is 1.83. The molecule has 0 aliphatic rings. The van der Waals surface area contributed by atoms with Gasteiger partial charge in [-0.2, -0.15) is 5.10 Å². The second-order valence-electron chi connectivity index (χ2n) is 2.77. The molecule has 0 bridgehead atoms. The van der Waals surface area contributed by atoms with Crippen LogP contribution in [0.5, 0.6) is 0 Å². The van der Waals surface area contributed by atoms with E-state index in [0.717, 1.165) is 11.1 Å². The second kappa shape index (κ2) is 2.99. The predicted molar refractivity (Wildman–Crippen MR) is 50.1 cm³/mol. The molecule has 2 rings (SSSR count). The third-order valence-corrected chi connectivity index (χ3v) is 1.97. The number of hydrogen-bond acceptors (Lipinski definition) is 3. The van der Waals surface area contributed by atoms with Gasteiger partial charge in [0, 0.05) is 18.0 Å². The van der Waals surface area contributed by atoms with Crippen LogP contribution in [0, 0.1) is 0 Å². The van der Waals surface area contributed by atoms with Crippen LogP contribution in [-0.4, -0.2) is 14.6 Å². The molecule has 4 heteroatoms. The normalized spacial score (nSPS) is 13.0. The molecule has 0 radical (unpaired) electrons. The van der Waals surface area contributed by atoms with Gasteiger partial charge in [0.05, 0.1) is 24.0 Å². The van der Waals surface area contributed by atoms with Crippen LogP contribution in [-0.2, 0) is 0 Å². The van der Waals surface area contributed by atoms with E-state index in [9.17, 15) is 0 Å². The van der Waals surface area contributed by atoms with Gasteiger partial charge in [-0.25, -0.2) is 4.52 Å². The molecular formula is C9H10N4. The number of fused-ring (bicyclic) bond motifs is 1. The summed E-state index contributed by atoms with van der Waals surface area (Å²) >= 11 is 0. The molecule has 0 spiro atoms. The summed E-state index contributed by atoms with van der Waals surface area (Å²) in [5, 5.41) is 4.14. The SMILES string of the molecule is C=CC(N)c1cnn2ccncc12. The molecule has 0 aliphatic heterocycles. The van der Waals surface area contributed by atoms with Crippen molar-refractivity contribution in [3.63, 3.8) is 0 Å². The molecule has 0 saturated carbocycles. The van der Waals surface area contributed by atoms with Crippen molar-refractivity contribution in [2.45, 2.75) is 6.04 Å². The molecule has 0 saturated heterocycles. The monoisotopic (exact) mass is 174 g/mol. The average Bonchev–Trinajstić information content (AvgIpc) is 2.60. The third kappa shape index (κ3) is 1.21. The van der Waals surface area contributed by atoms with E-state index in [2.05, 4.69) is 16.7 Å². The minimum atomic E-state index is -0.179. The van der Waals surface area contributed by atoms with Gasteiger partial charge in [-0.15, -0.1) is 6.58 Å². The van der Waals surface area contributed by atoms with Gasteiger partial charge in [-0.3, -0.25) is 4.98 Å². The molecule has 66 valence electrons. The molecule has 2 aromatic heterocycles. The van der Waals surface area contributed by atoms with Crippen LogP contribution in [0.2, 0.25) is 0 Å². The molecule has 0 aromatic carbocycles. The van der Waals surface area contributed by atoms with Crippen LogP contribution < -0.4 is 5.73 Å². The number of aromatic nitrogens is 3. The van der Waals surface area contributed by atoms with Gasteiger partial charge < -0.3 is 5.73 Å². The van der Waals surface area contributed by atoms with Crippen LogP contribution in [0.1, 0.15) is 11.6 Å². The Morgan fingerprint density at radius 1 is 1.54 bits per heavy atom. The fraction of sp³-hybridized carbons (Fsp3) is 0.111. The summed E-state index contributed by atoms with van der Waals surface area (Å²) in [5.74, 6) is 0. The summed E-state index contributed by atoms with van der Waals surface area (Å²) in [6, 6.07) is -0.179. The highest BCUT2D eigenvalue weighted by atomic mass is 15.2. The maximum absolute atomic E-state index is 5.81. The summed E-state index contributed by atoms with van der Waals surface area (Å²) in [5.41, 5.74) is 7.68. The maximum atomic E-state index is 5.81. The van der Waals surface area contributed by atoms with Gasteiger partial charge >= 0.3 is 0 Å². The topological polar surface area (TPSA) is 56.2 Å². The van der Waals surface area contributed by atoms with Gasteiger partial charge in [0.1, 0.15) is 0 Å². The molecule has 13 heavy (non-hydrogen) atoms. The molecule has 1 atom stereocenters. The fourth-order valence-electron chi connectivity index (χ4n) is 1.24. The fourth-order valence-corrected chi connectivity index (χ4v) is 1.24. The lowest BCUT2D eigenvalue weighted by Crippen LogP contribution is -2.05. The van der Waals surface area contributed by atoms with Crippen LogP contribution in [0.3, 0.4) is 0 Å². The van der Waals surface area contributed by atoms with Crippen LogP contribution in [0.25, 0.3) is 5.52 Å². The lowest BCUT2D eigenvalue weighted by Gasteiger charge is -2.02. The van der Waals surface area contributed by atoms with Crippen molar-refractivity contribution < 1.29 is 0 Å². The van der Waals surface area contributed by atoms with Crippen LogP contribution >= 0.6 is 0 Å². The number of rotatable bonds is 2. The van der Waals surface area contributed by atoms with E-state index in [0.29, 0.717) is 0 Å². The zero-order chi connectivity index (χ0) is 9.26. The lowest BCUT2D eigenvalue weighted by atomic mass is 10.1. The molecule has 2 heterocycles. The predicted octanol–water partition coefficient (Wildman–Crippen LogP) is 0.915. The Labute approximate surface area is 75.7 Å². The van der Waals surface area contributed by atoms with Gasteiger partial charge in [0.15, 0.2) is 0 Å². The third-order valence-electron chi connectivity index (χ3n) is 1.97. The van der Waals surface area contributed by atoms with Crippen molar-refractivity contribution in [3.8, 4) is 0 Å². The van der Waals surface area contributed by atoms with E-state index >= 15 is 0 Å². The minimum absolute atomic E-state index is 0.179. The van der Waals surface area contributed by atoms with E-state index in [4.69, 9.17) is 5.73 Å². The minimum Gasteiger partial charge on any atom is -0.321 e. The van der Waals surface area contributed by atoms with Gasteiger partial charge in [-0.05, 0) is 0 Å². The summed E-state index contributed by atoms with van der Waals surface area (Å²) in [6.07, 6.45) is 8.64. The first-order valence-electron chi connectivity index (χ1n) is 3.98. The molecule has 4 nitrogen and oxygen atoms in total. The Morgan fingerprint density at radius 2 is 2.38 bits per heavy atom. The van der Waals surface area contributed by atoms with Crippen LogP contribution in [0.4, 0.5) is 0 Å². The van der Waals surface area contributed by atoms with Crippen molar-refractivity contribution in [2.24, 2.45) is 5.73 Å². The summed E-state index contributed by atoms with van der Waals surface area (Å²) in [7, 11) is 0. The molecule has 0 fully saturated rings. The zero-order valence-corrected chi connectivity index (χ0v) is 7.09. The van der Waals surface area contributed by atoms with E-state index < -0.39 is 0 Å². The lowest BCUT2D eigenvalue weighted by molar-refractivity contribution is 0.923. The Bertz CT molecular complexity index is 432. The first-order valence-corrected chi connectivity index (χ1v) is 3.98. The smallest absolute Gasteiger partial charge is 0.0895 e. The Balaban J connectivity index is 2.64. The van der Waals surface area contributed by atoms with Crippen molar-refractivity contribution in [1.82, 2.24) is 14.6 Å². The van der Waals surface area contributed by atoms with Crippen molar-refractivity contribution in [3.05, 3.63) is 43.0 Å². The summed E-state index contributed by atoms with van der Waals surface area (Å²) in [4.78, 5) is 4.01. The standard InChI is InChI=1S/C9H10N4/c1-2-8(10)7-5-12-13-4-3-11-6-9(7)13/h2-6,8H,1,10H2. The first-order chi connectivity index (χ1) is 6.33. The second-order valence-corrected chi connectivity index (χ2v) is 2.77. The van der Waals surface area contributed by atoms with Crippen molar-refractivity contribution in [1.29, 1.82) is 0 Å². The Morgan fingerprint density at radius 3 is 3.15 bits per heavy atom. The summed E-state index contributed by atoms with van der Waals surface area (Å²) in [6.45, 7) is 3.64. The van der Waals surface area contributed by atoms with E-state index in [-0.39, 0.29) is 6.04 Å². The van der Waals surface area contributed by atoms with Crippen molar-refractivity contribution >= 4 is 5.52 Å². The summed E-state index contributed by atoms with van der Waals surface area (Å²) < 4.78 is 1.74. The quantitative estimate of drug-likeness (QED) is 0.688. The number of hydrogen-bond donors (Lipinski definition) is 1. The van der Waals surface area contributed by atoms with Crippen molar-refractivity contribution in [2.75, 3.05) is 0 Å². The highest BCUT2D eigenvalue weighted by Crippen LogP contribution is 2.16. The van der Waals surface area contributed by atoms with Gasteiger partial charge in [0.25, 0.3) is 0 Å². The molecule has 2 N–H and O–H groups in total. The number of nitrogens with zero attached hydrogens (tertiary/aromatic N) is 3. The average molecular weight is 174 g/mol. The largest absolute Gasteiger partial charge is 0.321 e. The highest BCUT2D eigenvalue weighted by Gasteiger charge is 2.08. The van der Waals surface area contributed by atoms with E-state index in [1.54, 1.807) is 35.4 Å².